The van der Waals surface area contributed by atoms with E-state index in [1.165, 1.54) is 6.42 Å². The van der Waals surface area contributed by atoms with Crippen LogP contribution < -0.4 is 4.72 Å². The summed E-state index contributed by atoms with van der Waals surface area (Å²) in [6, 6.07) is 13.0. The SMILES string of the molecule is CC1CCN(CCCNS(=O)(=O)c2cccc3ccccc23)C1. The van der Waals surface area contributed by atoms with Gasteiger partial charge in [0, 0.05) is 18.5 Å². The molecule has 0 aromatic heterocycles. The fraction of sp³-hybridized carbons (Fsp3) is 0.444. The van der Waals surface area contributed by atoms with Crippen molar-refractivity contribution in [3.63, 3.8) is 0 Å². The van der Waals surface area contributed by atoms with Gasteiger partial charge in [0.15, 0.2) is 0 Å². The topological polar surface area (TPSA) is 49.4 Å². The van der Waals surface area contributed by atoms with Gasteiger partial charge in [0.25, 0.3) is 0 Å². The third-order valence-electron chi connectivity index (χ3n) is 4.49. The van der Waals surface area contributed by atoms with Gasteiger partial charge in [-0.05, 0) is 43.3 Å². The van der Waals surface area contributed by atoms with E-state index < -0.39 is 10.0 Å². The summed E-state index contributed by atoms with van der Waals surface area (Å²) < 4.78 is 27.9. The summed E-state index contributed by atoms with van der Waals surface area (Å²) in [5.74, 6) is 0.766. The van der Waals surface area contributed by atoms with Crippen LogP contribution in [0.2, 0.25) is 0 Å². The standard InChI is InChI=1S/C18H24N2O2S/c1-15-10-13-20(14-15)12-5-11-19-23(21,22)18-9-4-7-16-6-2-3-8-17(16)18/h2-4,6-9,15,19H,5,10-14H2,1H3. The Morgan fingerprint density at radius 2 is 1.96 bits per heavy atom. The number of benzene rings is 2. The molecule has 1 unspecified atom stereocenters. The van der Waals surface area contributed by atoms with Gasteiger partial charge in [0.1, 0.15) is 0 Å². The summed E-state index contributed by atoms with van der Waals surface area (Å²) in [4.78, 5) is 2.78. The summed E-state index contributed by atoms with van der Waals surface area (Å²) in [6.45, 7) is 5.98. The maximum absolute atomic E-state index is 12.6. The molecule has 1 saturated heterocycles. The van der Waals surface area contributed by atoms with E-state index >= 15 is 0 Å². The van der Waals surface area contributed by atoms with Gasteiger partial charge in [-0.25, -0.2) is 13.1 Å². The van der Waals surface area contributed by atoms with Crippen molar-refractivity contribution < 1.29 is 8.42 Å². The van der Waals surface area contributed by atoms with E-state index in [2.05, 4.69) is 16.5 Å². The number of hydrogen-bond acceptors (Lipinski definition) is 3. The van der Waals surface area contributed by atoms with E-state index in [9.17, 15) is 8.42 Å². The lowest BCUT2D eigenvalue weighted by Crippen LogP contribution is -2.29. The molecule has 0 bridgehead atoms. The first-order chi connectivity index (χ1) is 11.1. The fourth-order valence-corrected chi connectivity index (χ4v) is 4.55. The number of nitrogens with zero attached hydrogens (tertiary/aromatic N) is 1. The van der Waals surface area contributed by atoms with Gasteiger partial charge >= 0.3 is 0 Å². The number of likely N-dealkylation sites (tertiary alicyclic amines) is 1. The number of fused-ring (bicyclic) bond motifs is 1. The molecule has 0 aliphatic carbocycles. The number of sulfonamides is 1. The molecule has 3 rings (SSSR count). The quantitative estimate of drug-likeness (QED) is 0.828. The molecular formula is C18H24N2O2S. The molecule has 2 aromatic carbocycles. The van der Waals surface area contributed by atoms with Gasteiger partial charge in [-0.1, -0.05) is 43.3 Å². The highest BCUT2D eigenvalue weighted by Crippen LogP contribution is 2.22. The molecule has 0 amide bonds. The first-order valence-corrected chi connectivity index (χ1v) is 9.74. The van der Waals surface area contributed by atoms with Gasteiger partial charge in [-0.3, -0.25) is 0 Å². The van der Waals surface area contributed by atoms with Gasteiger partial charge in [-0.2, -0.15) is 0 Å². The molecule has 0 saturated carbocycles. The highest BCUT2D eigenvalue weighted by atomic mass is 32.2. The Labute approximate surface area is 138 Å². The third-order valence-corrected chi connectivity index (χ3v) is 6.01. The summed E-state index contributed by atoms with van der Waals surface area (Å²) in [5.41, 5.74) is 0. The van der Waals surface area contributed by atoms with Gasteiger partial charge in [-0.15, -0.1) is 0 Å². The van der Waals surface area contributed by atoms with Crippen molar-refractivity contribution in [1.29, 1.82) is 0 Å². The molecule has 0 spiro atoms. The van der Waals surface area contributed by atoms with Gasteiger partial charge in [0.2, 0.25) is 10.0 Å². The second kappa shape index (κ2) is 6.99. The summed E-state index contributed by atoms with van der Waals surface area (Å²) in [6.07, 6.45) is 2.10. The van der Waals surface area contributed by atoms with Crippen molar-refractivity contribution in [3.8, 4) is 0 Å². The van der Waals surface area contributed by atoms with Crippen molar-refractivity contribution in [2.24, 2.45) is 5.92 Å². The van der Waals surface area contributed by atoms with Crippen LogP contribution in [0.25, 0.3) is 10.8 Å². The van der Waals surface area contributed by atoms with Crippen molar-refractivity contribution >= 4 is 20.8 Å². The normalized spacial score (nSPS) is 19.4. The van der Waals surface area contributed by atoms with Crippen LogP contribution >= 0.6 is 0 Å². The molecule has 2 aromatic rings. The summed E-state index contributed by atoms with van der Waals surface area (Å²) in [7, 11) is -3.46. The van der Waals surface area contributed by atoms with E-state index in [0.29, 0.717) is 11.4 Å². The average molecular weight is 332 g/mol. The maximum atomic E-state index is 12.6. The van der Waals surface area contributed by atoms with Crippen molar-refractivity contribution in [2.45, 2.75) is 24.7 Å². The molecule has 1 fully saturated rings. The van der Waals surface area contributed by atoms with Gasteiger partial charge < -0.3 is 4.90 Å². The largest absolute Gasteiger partial charge is 0.303 e. The molecule has 4 nitrogen and oxygen atoms in total. The van der Waals surface area contributed by atoms with Crippen molar-refractivity contribution in [1.82, 2.24) is 9.62 Å². The minimum absolute atomic E-state index is 0.366. The average Bonchev–Trinajstić information content (AvgIpc) is 2.96. The molecule has 1 heterocycles. The van der Waals surface area contributed by atoms with E-state index in [4.69, 9.17) is 0 Å². The summed E-state index contributed by atoms with van der Waals surface area (Å²) >= 11 is 0. The number of nitrogens with one attached hydrogen (secondary N) is 1. The zero-order valence-electron chi connectivity index (χ0n) is 13.5. The van der Waals surface area contributed by atoms with Crippen LogP contribution in [0.1, 0.15) is 19.8 Å². The first-order valence-electron chi connectivity index (χ1n) is 8.26. The van der Waals surface area contributed by atoms with Crippen LogP contribution in [0.15, 0.2) is 47.4 Å². The second-order valence-corrected chi connectivity index (χ2v) is 8.16. The Balaban J connectivity index is 1.62. The molecular weight excluding hydrogens is 308 g/mol. The first kappa shape index (κ1) is 16.4. The lowest BCUT2D eigenvalue weighted by molar-refractivity contribution is 0.323. The van der Waals surface area contributed by atoms with Crippen LogP contribution in [-0.4, -0.2) is 39.5 Å². The van der Waals surface area contributed by atoms with Crippen LogP contribution in [0.5, 0.6) is 0 Å². The van der Waals surface area contributed by atoms with Crippen LogP contribution in [0.3, 0.4) is 0 Å². The van der Waals surface area contributed by atoms with E-state index in [-0.39, 0.29) is 0 Å². The van der Waals surface area contributed by atoms with Crippen LogP contribution in [-0.2, 0) is 10.0 Å². The van der Waals surface area contributed by atoms with Crippen LogP contribution in [0.4, 0.5) is 0 Å². The molecule has 1 aliphatic rings. The third kappa shape index (κ3) is 3.91. The molecule has 1 N–H and O–H groups in total. The predicted octanol–water partition coefficient (Wildman–Crippen LogP) is 2.85. The lowest BCUT2D eigenvalue weighted by atomic mass is 10.1. The number of hydrogen-bond donors (Lipinski definition) is 1. The maximum Gasteiger partial charge on any atom is 0.241 e. The smallest absolute Gasteiger partial charge is 0.241 e. The van der Waals surface area contributed by atoms with E-state index in [1.807, 2.05) is 30.3 Å². The minimum Gasteiger partial charge on any atom is -0.303 e. The Morgan fingerprint density at radius 3 is 2.74 bits per heavy atom. The highest BCUT2D eigenvalue weighted by molar-refractivity contribution is 7.89. The zero-order chi connectivity index (χ0) is 16.3. The predicted molar refractivity (Wildman–Crippen MR) is 94.0 cm³/mol. The highest BCUT2D eigenvalue weighted by Gasteiger charge is 2.19. The Hall–Kier alpha value is -1.43. The molecule has 23 heavy (non-hydrogen) atoms. The Morgan fingerprint density at radius 1 is 1.17 bits per heavy atom. The lowest BCUT2D eigenvalue weighted by Gasteiger charge is -2.15. The van der Waals surface area contributed by atoms with Crippen LogP contribution in [0, 0.1) is 5.92 Å². The number of rotatable bonds is 6. The Bertz CT molecular complexity index is 768. The monoisotopic (exact) mass is 332 g/mol. The van der Waals surface area contributed by atoms with Crippen molar-refractivity contribution in [2.75, 3.05) is 26.2 Å². The molecule has 1 aliphatic heterocycles. The molecule has 5 heteroatoms. The fourth-order valence-electron chi connectivity index (χ4n) is 3.25. The molecule has 1 atom stereocenters. The molecule has 124 valence electrons. The Kier molecular flexibility index (Phi) is 4.99. The zero-order valence-corrected chi connectivity index (χ0v) is 14.3. The van der Waals surface area contributed by atoms with E-state index in [1.54, 1.807) is 12.1 Å². The van der Waals surface area contributed by atoms with Crippen molar-refractivity contribution in [3.05, 3.63) is 42.5 Å². The minimum atomic E-state index is -3.46. The van der Waals surface area contributed by atoms with E-state index in [0.717, 1.165) is 42.7 Å². The second-order valence-electron chi connectivity index (χ2n) is 6.42. The van der Waals surface area contributed by atoms with Gasteiger partial charge in [0.05, 0.1) is 4.90 Å². The molecule has 0 radical (unpaired) electrons. The summed E-state index contributed by atoms with van der Waals surface area (Å²) in [5, 5.41) is 1.72.